The first kappa shape index (κ1) is 21.5. The van der Waals surface area contributed by atoms with Crippen molar-refractivity contribution < 1.29 is 4.79 Å². The van der Waals surface area contributed by atoms with Gasteiger partial charge in [0.05, 0.1) is 0 Å². The highest BCUT2D eigenvalue weighted by Gasteiger charge is 2.19. The van der Waals surface area contributed by atoms with Crippen molar-refractivity contribution in [3.8, 4) is 11.3 Å². The zero-order valence-corrected chi connectivity index (χ0v) is 17.6. The molecule has 0 aliphatic rings. The third kappa shape index (κ3) is 5.45. The van der Waals surface area contributed by atoms with Crippen molar-refractivity contribution >= 4 is 5.91 Å². The van der Waals surface area contributed by atoms with Crippen LogP contribution in [0.25, 0.3) is 11.3 Å². The third-order valence-corrected chi connectivity index (χ3v) is 5.38. The van der Waals surface area contributed by atoms with Crippen LogP contribution in [0.1, 0.15) is 29.8 Å². The fraction of sp³-hybridized carbons (Fsp3) is 0.280. The van der Waals surface area contributed by atoms with Crippen molar-refractivity contribution in [1.82, 2.24) is 15.2 Å². The summed E-state index contributed by atoms with van der Waals surface area (Å²) in [5.41, 5.74) is 2.59. The number of aromatic amines is 1. The summed E-state index contributed by atoms with van der Waals surface area (Å²) >= 11 is 0. The first-order valence-corrected chi connectivity index (χ1v) is 10.5. The number of nitrogens with one attached hydrogen (secondary N) is 2. The number of nitrogens with zero attached hydrogens (tertiary/aromatic N) is 1. The molecule has 30 heavy (non-hydrogen) atoms. The number of carbonyl (C=O) groups excluding carboxylic acids is 1. The van der Waals surface area contributed by atoms with Gasteiger partial charge < -0.3 is 10.3 Å². The molecule has 0 aliphatic heterocycles. The Labute approximate surface area is 177 Å². The predicted molar refractivity (Wildman–Crippen MR) is 122 cm³/mol. The molecule has 2 aromatic carbocycles. The molecule has 5 heteroatoms. The molecule has 0 saturated carbocycles. The van der Waals surface area contributed by atoms with E-state index in [9.17, 15) is 9.59 Å². The lowest BCUT2D eigenvalue weighted by Gasteiger charge is -2.30. The molecule has 5 nitrogen and oxygen atoms in total. The number of rotatable bonds is 9. The highest BCUT2D eigenvalue weighted by atomic mass is 16.2. The Morgan fingerprint density at radius 3 is 2.17 bits per heavy atom. The van der Waals surface area contributed by atoms with Gasteiger partial charge in [0.25, 0.3) is 11.5 Å². The minimum atomic E-state index is -0.378. The summed E-state index contributed by atoms with van der Waals surface area (Å²) < 4.78 is 0. The van der Waals surface area contributed by atoms with E-state index < -0.39 is 0 Å². The second-order valence-corrected chi connectivity index (χ2v) is 7.26. The summed E-state index contributed by atoms with van der Waals surface area (Å²) in [5, 5.41) is 2.97. The maximum absolute atomic E-state index is 12.7. The molecular weight excluding hydrogens is 374 g/mol. The van der Waals surface area contributed by atoms with Crippen LogP contribution < -0.4 is 10.9 Å². The summed E-state index contributed by atoms with van der Waals surface area (Å²) in [6.45, 7) is 6.52. The highest BCUT2D eigenvalue weighted by Crippen LogP contribution is 2.14. The maximum atomic E-state index is 12.7. The van der Waals surface area contributed by atoms with Gasteiger partial charge in [0.15, 0.2) is 0 Å². The first-order chi connectivity index (χ1) is 14.6. The van der Waals surface area contributed by atoms with Gasteiger partial charge in [-0.05, 0) is 42.8 Å². The predicted octanol–water partition coefficient (Wildman–Crippen LogP) is 3.72. The summed E-state index contributed by atoms with van der Waals surface area (Å²) in [4.78, 5) is 30.4. The van der Waals surface area contributed by atoms with Crippen LogP contribution in [0.4, 0.5) is 0 Å². The fourth-order valence-electron chi connectivity index (χ4n) is 3.70. The topological polar surface area (TPSA) is 65.2 Å². The minimum Gasteiger partial charge on any atom is -0.350 e. The Hall–Kier alpha value is -3.18. The molecule has 1 heterocycles. The Bertz CT molecular complexity index is 996. The van der Waals surface area contributed by atoms with Crippen LogP contribution in [0.2, 0.25) is 0 Å². The molecule has 1 unspecified atom stereocenters. The van der Waals surface area contributed by atoms with E-state index in [0.717, 1.165) is 25.1 Å². The van der Waals surface area contributed by atoms with Gasteiger partial charge in [0.1, 0.15) is 5.56 Å². The largest absolute Gasteiger partial charge is 0.350 e. The van der Waals surface area contributed by atoms with Crippen LogP contribution in [-0.2, 0) is 6.42 Å². The van der Waals surface area contributed by atoms with E-state index in [2.05, 4.69) is 41.2 Å². The number of pyridine rings is 1. The Balaban J connectivity index is 1.71. The molecule has 0 fully saturated rings. The number of likely N-dealkylation sites (N-methyl/N-ethyl adjacent to an activating group) is 1. The van der Waals surface area contributed by atoms with E-state index in [1.165, 1.54) is 5.56 Å². The van der Waals surface area contributed by atoms with E-state index in [1.54, 1.807) is 12.1 Å². The molecule has 0 saturated heterocycles. The normalized spacial score (nSPS) is 12.0. The van der Waals surface area contributed by atoms with Gasteiger partial charge in [-0.15, -0.1) is 0 Å². The van der Waals surface area contributed by atoms with E-state index in [0.29, 0.717) is 12.2 Å². The molecule has 1 aromatic heterocycles. The highest BCUT2D eigenvalue weighted by molar-refractivity contribution is 5.94. The lowest BCUT2D eigenvalue weighted by molar-refractivity contribution is 0.0933. The van der Waals surface area contributed by atoms with Crippen LogP contribution in [-0.4, -0.2) is 41.5 Å². The summed E-state index contributed by atoms with van der Waals surface area (Å²) in [7, 11) is 0. The monoisotopic (exact) mass is 403 g/mol. The number of hydrogen-bond acceptors (Lipinski definition) is 3. The molecule has 0 radical (unpaired) electrons. The standard InChI is InChI=1S/C25H29N3O2/c1-3-28(4-2)21(17-19-11-7-5-8-12-19)18-26-24(29)22-15-16-23(27-25(22)30)20-13-9-6-10-14-20/h5-16,21H,3-4,17-18H2,1-2H3,(H,26,29)(H,27,30). The number of H-pyrrole nitrogens is 1. The van der Waals surface area contributed by atoms with Crippen LogP contribution >= 0.6 is 0 Å². The fourth-order valence-corrected chi connectivity index (χ4v) is 3.70. The minimum absolute atomic E-state index is 0.132. The van der Waals surface area contributed by atoms with Crippen molar-refractivity contribution in [3.05, 3.63) is 94.3 Å². The molecule has 0 bridgehead atoms. The van der Waals surface area contributed by atoms with Crippen LogP contribution in [0.5, 0.6) is 0 Å². The van der Waals surface area contributed by atoms with Gasteiger partial charge in [-0.2, -0.15) is 0 Å². The van der Waals surface area contributed by atoms with Gasteiger partial charge in [-0.1, -0.05) is 74.5 Å². The van der Waals surface area contributed by atoms with Crippen LogP contribution in [0.15, 0.2) is 77.6 Å². The second kappa shape index (κ2) is 10.6. The number of benzene rings is 2. The summed E-state index contributed by atoms with van der Waals surface area (Å²) in [6, 6.07) is 23.4. The third-order valence-electron chi connectivity index (χ3n) is 5.38. The average molecular weight is 404 g/mol. The van der Waals surface area contributed by atoms with Crippen molar-refractivity contribution in [2.75, 3.05) is 19.6 Å². The zero-order chi connectivity index (χ0) is 21.3. The van der Waals surface area contributed by atoms with Gasteiger partial charge >= 0.3 is 0 Å². The number of aromatic nitrogens is 1. The van der Waals surface area contributed by atoms with E-state index in [-0.39, 0.29) is 23.1 Å². The van der Waals surface area contributed by atoms with Gasteiger partial charge in [-0.3, -0.25) is 14.5 Å². The first-order valence-electron chi connectivity index (χ1n) is 10.5. The second-order valence-electron chi connectivity index (χ2n) is 7.26. The van der Waals surface area contributed by atoms with Crippen molar-refractivity contribution in [3.63, 3.8) is 0 Å². The lowest BCUT2D eigenvalue weighted by Crippen LogP contribution is -2.45. The van der Waals surface area contributed by atoms with Crippen molar-refractivity contribution in [2.24, 2.45) is 0 Å². The molecule has 1 atom stereocenters. The molecule has 3 aromatic rings. The zero-order valence-electron chi connectivity index (χ0n) is 17.6. The summed E-state index contributed by atoms with van der Waals surface area (Å²) in [5.74, 6) is -0.346. The van der Waals surface area contributed by atoms with Crippen molar-refractivity contribution in [1.29, 1.82) is 0 Å². The SMILES string of the molecule is CCN(CC)C(CNC(=O)c1ccc(-c2ccccc2)[nH]c1=O)Cc1ccccc1. The Kier molecular flexibility index (Phi) is 7.57. The molecule has 3 rings (SSSR count). The molecule has 0 spiro atoms. The van der Waals surface area contributed by atoms with Crippen LogP contribution in [0, 0.1) is 0 Å². The molecular formula is C25H29N3O2. The number of carbonyl (C=O) groups is 1. The smallest absolute Gasteiger partial charge is 0.261 e. The van der Waals surface area contributed by atoms with Crippen molar-refractivity contribution in [2.45, 2.75) is 26.3 Å². The van der Waals surface area contributed by atoms with E-state index in [1.807, 2.05) is 48.5 Å². The van der Waals surface area contributed by atoms with Crippen LogP contribution in [0.3, 0.4) is 0 Å². The number of hydrogen-bond donors (Lipinski definition) is 2. The van der Waals surface area contributed by atoms with E-state index >= 15 is 0 Å². The Morgan fingerprint density at radius 2 is 1.57 bits per heavy atom. The van der Waals surface area contributed by atoms with Gasteiger partial charge in [0.2, 0.25) is 0 Å². The maximum Gasteiger partial charge on any atom is 0.261 e. The lowest BCUT2D eigenvalue weighted by atomic mass is 10.0. The number of amides is 1. The summed E-state index contributed by atoms with van der Waals surface area (Å²) in [6.07, 6.45) is 0.839. The average Bonchev–Trinajstić information content (AvgIpc) is 2.79. The Morgan fingerprint density at radius 1 is 0.933 bits per heavy atom. The molecule has 156 valence electrons. The molecule has 1 amide bonds. The van der Waals surface area contributed by atoms with Gasteiger partial charge in [0, 0.05) is 18.3 Å². The van der Waals surface area contributed by atoms with E-state index in [4.69, 9.17) is 0 Å². The molecule has 0 aliphatic carbocycles. The quantitative estimate of drug-likeness (QED) is 0.572. The van der Waals surface area contributed by atoms with Gasteiger partial charge in [-0.25, -0.2) is 0 Å². The molecule has 2 N–H and O–H groups in total.